The number of benzene rings is 1. The molecule has 0 atom stereocenters. The number of nitrogens with zero attached hydrogens (tertiary/aromatic N) is 3. The number of ether oxygens (including phenoxy) is 2. The highest BCUT2D eigenvalue weighted by Gasteiger charge is 2.15. The number of rotatable bonds is 7. The Labute approximate surface area is 156 Å². The van der Waals surface area contributed by atoms with E-state index in [9.17, 15) is 0 Å². The van der Waals surface area contributed by atoms with Crippen molar-refractivity contribution in [1.82, 2.24) is 14.8 Å². The van der Waals surface area contributed by atoms with Gasteiger partial charge < -0.3 is 9.47 Å². The van der Waals surface area contributed by atoms with E-state index in [2.05, 4.69) is 47.9 Å². The van der Waals surface area contributed by atoms with E-state index < -0.39 is 8.07 Å². The Morgan fingerprint density at radius 2 is 1.96 bits per heavy atom. The standard InChI is InChI=1S/C20H27N3O2Si/c1-15-18-7-6-16(12-17(18)8-9-21-15)19-13-22-23(20(19)24-2)14-25-10-11-26(3,4)5/h6-9,12-13H,10-11,14H2,1-5H3. The first-order valence-corrected chi connectivity index (χ1v) is 12.6. The molecule has 0 N–H and O–H groups in total. The lowest BCUT2D eigenvalue weighted by Gasteiger charge is -2.15. The number of pyridine rings is 1. The number of hydrogen-bond acceptors (Lipinski definition) is 4. The van der Waals surface area contributed by atoms with Crippen LogP contribution in [0.2, 0.25) is 25.7 Å². The monoisotopic (exact) mass is 369 g/mol. The number of hydrogen-bond donors (Lipinski definition) is 0. The van der Waals surface area contributed by atoms with Crippen molar-refractivity contribution in [3.63, 3.8) is 0 Å². The zero-order chi connectivity index (χ0) is 18.7. The predicted octanol–water partition coefficient (Wildman–Crippen LogP) is 4.73. The highest BCUT2D eigenvalue weighted by molar-refractivity contribution is 6.76. The SMILES string of the molecule is COc1c(-c2ccc3c(C)nccc3c2)cnn1COCC[Si](C)(C)C. The van der Waals surface area contributed by atoms with E-state index >= 15 is 0 Å². The van der Waals surface area contributed by atoms with Crippen LogP contribution in [0.3, 0.4) is 0 Å². The summed E-state index contributed by atoms with van der Waals surface area (Å²) in [5.41, 5.74) is 3.08. The van der Waals surface area contributed by atoms with Gasteiger partial charge in [-0.25, -0.2) is 4.68 Å². The Kier molecular flexibility index (Phi) is 5.43. The first-order valence-electron chi connectivity index (χ1n) is 8.92. The largest absolute Gasteiger partial charge is 0.481 e. The van der Waals surface area contributed by atoms with Crippen LogP contribution < -0.4 is 4.74 Å². The third-order valence-electron chi connectivity index (χ3n) is 4.47. The fourth-order valence-electron chi connectivity index (χ4n) is 2.91. The highest BCUT2D eigenvalue weighted by atomic mass is 28.3. The molecular weight excluding hydrogens is 342 g/mol. The molecule has 1 aromatic carbocycles. The normalized spacial score (nSPS) is 11.9. The van der Waals surface area contributed by atoms with Gasteiger partial charge >= 0.3 is 0 Å². The van der Waals surface area contributed by atoms with Crippen molar-refractivity contribution in [3.05, 3.63) is 42.4 Å². The molecule has 0 bridgehead atoms. The van der Waals surface area contributed by atoms with E-state index in [1.165, 1.54) is 0 Å². The van der Waals surface area contributed by atoms with Gasteiger partial charge in [0.25, 0.3) is 0 Å². The van der Waals surface area contributed by atoms with Crippen molar-refractivity contribution < 1.29 is 9.47 Å². The van der Waals surface area contributed by atoms with Crippen LogP contribution in [0.5, 0.6) is 5.88 Å². The van der Waals surface area contributed by atoms with Crippen molar-refractivity contribution in [1.29, 1.82) is 0 Å². The summed E-state index contributed by atoms with van der Waals surface area (Å²) in [6.45, 7) is 10.2. The van der Waals surface area contributed by atoms with E-state index in [0.29, 0.717) is 6.73 Å². The maximum absolute atomic E-state index is 5.82. The topological polar surface area (TPSA) is 49.2 Å². The summed E-state index contributed by atoms with van der Waals surface area (Å²) in [5, 5.41) is 6.79. The lowest BCUT2D eigenvalue weighted by atomic mass is 10.0. The second-order valence-electron chi connectivity index (χ2n) is 7.75. The molecule has 3 aromatic rings. The zero-order valence-corrected chi connectivity index (χ0v) is 17.2. The Bertz CT molecular complexity index is 900. The summed E-state index contributed by atoms with van der Waals surface area (Å²) < 4.78 is 13.2. The molecule has 0 spiro atoms. The zero-order valence-electron chi connectivity index (χ0n) is 16.2. The van der Waals surface area contributed by atoms with Gasteiger partial charge in [-0.1, -0.05) is 31.8 Å². The minimum absolute atomic E-state index is 0.407. The molecule has 6 heteroatoms. The third kappa shape index (κ3) is 4.13. The van der Waals surface area contributed by atoms with Gasteiger partial charge in [-0.2, -0.15) is 5.10 Å². The van der Waals surface area contributed by atoms with Crippen LogP contribution in [0.4, 0.5) is 0 Å². The van der Waals surface area contributed by atoms with Gasteiger partial charge in [0.2, 0.25) is 5.88 Å². The van der Waals surface area contributed by atoms with Crippen molar-refractivity contribution in [3.8, 4) is 17.0 Å². The second-order valence-corrected chi connectivity index (χ2v) is 13.4. The molecule has 2 aromatic heterocycles. The number of aryl methyl sites for hydroxylation is 1. The predicted molar refractivity (Wildman–Crippen MR) is 108 cm³/mol. The van der Waals surface area contributed by atoms with Crippen molar-refractivity contribution in [2.45, 2.75) is 39.3 Å². The summed E-state index contributed by atoms with van der Waals surface area (Å²) in [5.74, 6) is 0.725. The van der Waals surface area contributed by atoms with Gasteiger partial charge in [0.1, 0.15) is 6.73 Å². The minimum Gasteiger partial charge on any atom is -0.481 e. The molecule has 0 aliphatic carbocycles. The summed E-state index contributed by atoms with van der Waals surface area (Å²) in [7, 11) is 0.588. The van der Waals surface area contributed by atoms with Gasteiger partial charge in [-0.05, 0) is 36.1 Å². The van der Waals surface area contributed by atoms with Crippen molar-refractivity contribution in [2.24, 2.45) is 0 Å². The summed E-state index contributed by atoms with van der Waals surface area (Å²) in [4.78, 5) is 4.35. The molecule has 3 rings (SSSR count). The molecule has 0 unspecified atom stereocenters. The maximum Gasteiger partial charge on any atom is 0.221 e. The van der Waals surface area contributed by atoms with Gasteiger partial charge in [0, 0.05) is 32.0 Å². The molecule has 26 heavy (non-hydrogen) atoms. The van der Waals surface area contributed by atoms with E-state index in [4.69, 9.17) is 9.47 Å². The van der Waals surface area contributed by atoms with Crippen LogP contribution in [0, 0.1) is 6.92 Å². The van der Waals surface area contributed by atoms with Crippen LogP contribution in [0.15, 0.2) is 36.7 Å². The molecule has 0 saturated carbocycles. The van der Waals surface area contributed by atoms with Gasteiger partial charge in [-0.3, -0.25) is 4.98 Å². The molecular formula is C20H27N3O2Si. The second kappa shape index (κ2) is 7.59. The maximum atomic E-state index is 5.82. The fraction of sp³-hybridized carbons (Fsp3) is 0.400. The van der Waals surface area contributed by atoms with Gasteiger partial charge in [0.15, 0.2) is 0 Å². The smallest absolute Gasteiger partial charge is 0.221 e. The van der Waals surface area contributed by atoms with E-state index in [1.54, 1.807) is 11.8 Å². The first-order chi connectivity index (χ1) is 12.4. The lowest BCUT2D eigenvalue weighted by molar-refractivity contribution is 0.0724. The van der Waals surface area contributed by atoms with Gasteiger partial charge in [0.05, 0.1) is 18.9 Å². The number of methoxy groups -OCH3 is 1. The van der Waals surface area contributed by atoms with Crippen molar-refractivity contribution >= 4 is 18.8 Å². The molecule has 0 amide bonds. The number of aromatic nitrogens is 3. The van der Waals surface area contributed by atoms with Crippen LogP contribution in [-0.2, 0) is 11.5 Å². The lowest BCUT2D eigenvalue weighted by Crippen LogP contribution is -2.22. The Hall–Kier alpha value is -2.18. The Morgan fingerprint density at radius 1 is 1.15 bits per heavy atom. The molecule has 0 radical (unpaired) electrons. The minimum atomic E-state index is -1.09. The Morgan fingerprint density at radius 3 is 2.69 bits per heavy atom. The van der Waals surface area contributed by atoms with Crippen molar-refractivity contribution in [2.75, 3.05) is 13.7 Å². The average Bonchev–Trinajstić information content (AvgIpc) is 3.00. The molecule has 0 saturated heterocycles. The first kappa shape index (κ1) is 18.6. The van der Waals surface area contributed by atoms with Gasteiger partial charge in [-0.15, -0.1) is 0 Å². The van der Waals surface area contributed by atoms with Crippen LogP contribution in [0.25, 0.3) is 21.9 Å². The fourth-order valence-corrected chi connectivity index (χ4v) is 3.66. The van der Waals surface area contributed by atoms with E-state index in [0.717, 1.165) is 46.1 Å². The summed E-state index contributed by atoms with van der Waals surface area (Å²) in [6.07, 6.45) is 3.68. The molecule has 5 nitrogen and oxygen atoms in total. The molecule has 0 fully saturated rings. The quantitative estimate of drug-likeness (QED) is 0.446. The van der Waals surface area contributed by atoms with E-state index in [-0.39, 0.29) is 0 Å². The number of fused-ring (bicyclic) bond motifs is 1. The van der Waals surface area contributed by atoms with Crippen LogP contribution in [-0.4, -0.2) is 36.6 Å². The molecule has 2 heterocycles. The van der Waals surface area contributed by atoms with E-state index in [1.807, 2.05) is 25.4 Å². The van der Waals surface area contributed by atoms with Crippen LogP contribution >= 0.6 is 0 Å². The molecule has 0 aliphatic heterocycles. The molecule has 138 valence electrons. The third-order valence-corrected chi connectivity index (χ3v) is 6.17. The average molecular weight is 370 g/mol. The summed E-state index contributed by atoms with van der Waals surface area (Å²) in [6, 6.07) is 9.52. The van der Waals surface area contributed by atoms with Crippen LogP contribution in [0.1, 0.15) is 5.69 Å². The Balaban J connectivity index is 1.82. The highest BCUT2D eigenvalue weighted by Crippen LogP contribution is 2.32. The molecule has 0 aliphatic rings. The summed E-state index contributed by atoms with van der Waals surface area (Å²) >= 11 is 0.